The van der Waals surface area contributed by atoms with Gasteiger partial charge in [-0.15, -0.1) is 0 Å². The third-order valence-electron chi connectivity index (χ3n) is 3.33. The fourth-order valence-electron chi connectivity index (χ4n) is 2.31. The number of rotatable bonds is 5. The Bertz CT molecular complexity index is 544. The van der Waals surface area contributed by atoms with Gasteiger partial charge in [0.1, 0.15) is 5.92 Å². The number of imide groups is 1. The predicted octanol–water partition coefficient (Wildman–Crippen LogP) is 1.18. The molecule has 0 bridgehead atoms. The molecule has 0 spiro atoms. The quantitative estimate of drug-likeness (QED) is 0.790. The highest BCUT2D eigenvalue weighted by molar-refractivity contribution is 6.04. The molecular weight excluding hydrogens is 278 g/mol. The molecule has 1 heterocycles. The fourth-order valence-corrected chi connectivity index (χ4v) is 2.31. The van der Waals surface area contributed by atoms with Crippen molar-refractivity contribution in [3.8, 4) is 0 Å². The van der Waals surface area contributed by atoms with Crippen molar-refractivity contribution in [3.63, 3.8) is 0 Å². The number of hydrogen-bond donors (Lipinski definition) is 2. The van der Waals surface area contributed by atoms with Gasteiger partial charge in [0.05, 0.1) is 19.3 Å². The van der Waals surface area contributed by atoms with Gasteiger partial charge in [-0.2, -0.15) is 0 Å². The van der Waals surface area contributed by atoms with Crippen LogP contribution < -0.4 is 0 Å². The zero-order chi connectivity index (χ0) is 15.4. The van der Waals surface area contributed by atoms with Crippen molar-refractivity contribution in [2.24, 2.45) is 5.92 Å². The molecule has 2 N–H and O–H groups in total. The van der Waals surface area contributed by atoms with Gasteiger partial charge in [0.2, 0.25) is 5.91 Å². The molecule has 1 aromatic carbocycles. The highest BCUT2D eigenvalue weighted by Crippen LogP contribution is 2.25. The molecule has 7 heteroatoms. The number of nitrogens with zero attached hydrogens (tertiary/aromatic N) is 1. The lowest BCUT2D eigenvalue weighted by molar-refractivity contribution is -0.147. The Labute approximate surface area is 120 Å². The van der Waals surface area contributed by atoms with Crippen LogP contribution in [0.2, 0.25) is 0 Å². The molecule has 7 nitrogen and oxygen atoms in total. The minimum atomic E-state index is -1.45. The molecule has 1 saturated heterocycles. The van der Waals surface area contributed by atoms with E-state index in [0.29, 0.717) is 4.90 Å². The van der Waals surface area contributed by atoms with Crippen LogP contribution in [0.1, 0.15) is 12.0 Å². The smallest absolute Gasteiger partial charge is 0.414 e. The first kappa shape index (κ1) is 15.0. The summed E-state index contributed by atoms with van der Waals surface area (Å²) in [7, 11) is 0. The summed E-state index contributed by atoms with van der Waals surface area (Å²) in [6, 6.07) is 8.51. The molecular formula is C14H15NO6. The van der Waals surface area contributed by atoms with E-state index in [9.17, 15) is 14.4 Å². The number of carbonyl (C=O) groups excluding carboxylic acids is 1. The van der Waals surface area contributed by atoms with Crippen LogP contribution in [0.3, 0.4) is 0 Å². The Balaban J connectivity index is 1.96. The summed E-state index contributed by atoms with van der Waals surface area (Å²) in [5.41, 5.74) is 0.915. The molecule has 0 radical (unpaired) electrons. The molecule has 0 aromatic heterocycles. The summed E-state index contributed by atoms with van der Waals surface area (Å²) >= 11 is 0. The first-order valence-electron chi connectivity index (χ1n) is 6.41. The van der Waals surface area contributed by atoms with Crippen molar-refractivity contribution in [2.75, 3.05) is 6.61 Å². The first-order valence-corrected chi connectivity index (χ1v) is 6.41. The Morgan fingerprint density at radius 2 is 1.90 bits per heavy atom. The standard InChI is InChI=1S/C14H15NO6/c16-12-11(13(17)18)6-10(15(12)14(19)20)8-21-7-9-4-2-1-3-5-9/h1-5,10-11H,6-8H2,(H,17,18)(H,19,20). The SMILES string of the molecule is O=C(O)C1CC(COCc2ccccc2)N(C(=O)O)C1=O. The molecule has 21 heavy (non-hydrogen) atoms. The monoisotopic (exact) mass is 293 g/mol. The lowest BCUT2D eigenvalue weighted by atomic mass is 10.1. The molecule has 2 atom stereocenters. The van der Waals surface area contributed by atoms with Crippen molar-refractivity contribution < 1.29 is 29.3 Å². The molecule has 1 fully saturated rings. The number of amides is 2. The summed E-state index contributed by atoms with van der Waals surface area (Å²) in [6.07, 6.45) is -1.51. The minimum Gasteiger partial charge on any atom is -0.481 e. The van der Waals surface area contributed by atoms with Crippen molar-refractivity contribution in [1.29, 1.82) is 0 Å². The van der Waals surface area contributed by atoms with E-state index < -0.39 is 29.9 Å². The number of carboxylic acid groups (broad SMARTS) is 2. The van der Waals surface area contributed by atoms with Crippen LogP contribution in [-0.4, -0.2) is 45.7 Å². The third-order valence-corrected chi connectivity index (χ3v) is 3.33. The Morgan fingerprint density at radius 1 is 1.24 bits per heavy atom. The van der Waals surface area contributed by atoms with Crippen molar-refractivity contribution in [2.45, 2.75) is 19.1 Å². The van der Waals surface area contributed by atoms with E-state index in [1.54, 1.807) is 0 Å². The molecule has 2 amide bonds. The number of ether oxygens (including phenoxy) is 1. The van der Waals surface area contributed by atoms with Crippen LogP contribution >= 0.6 is 0 Å². The Hall–Kier alpha value is -2.41. The van der Waals surface area contributed by atoms with E-state index in [4.69, 9.17) is 14.9 Å². The van der Waals surface area contributed by atoms with E-state index in [2.05, 4.69) is 0 Å². The maximum absolute atomic E-state index is 11.7. The van der Waals surface area contributed by atoms with Gasteiger partial charge in [-0.3, -0.25) is 9.59 Å². The van der Waals surface area contributed by atoms with E-state index in [1.807, 2.05) is 30.3 Å². The molecule has 2 rings (SSSR count). The summed E-state index contributed by atoms with van der Waals surface area (Å²) < 4.78 is 5.41. The fraction of sp³-hybridized carbons (Fsp3) is 0.357. The maximum atomic E-state index is 11.7. The van der Waals surface area contributed by atoms with E-state index in [-0.39, 0.29) is 19.6 Å². The van der Waals surface area contributed by atoms with Crippen molar-refractivity contribution in [3.05, 3.63) is 35.9 Å². The topological polar surface area (TPSA) is 104 Å². The van der Waals surface area contributed by atoms with Gasteiger partial charge in [0.25, 0.3) is 0 Å². The van der Waals surface area contributed by atoms with Crippen LogP contribution in [0.25, 0.3) is 0 Å². The summed E-state index contributed by atoms with van der Waals surface area (Å²) in [5.74, 6) is -3.52. The largest absolute Gasteiger partial charge is 0.481 e. The molecule has 1 aliphatic rings. The summed E-state index contributed by atoms with van der Waals surface area (Å²) in [5, 5.41) is 17.9. The van der Waals surface area contributed by atoms with Gasteiger partial charge in [-0.25, -0.2) is 9.69 Å². The maximum Gasteiger partial charge on any atom is 0.414 e. The third kappa shape index (κ3) is 3.38. The second-order valence-corrected chi connectivity index (χ2v) is 4.77. The van der Waals surface area contributed by atoms with Crippen LogP contribution in [0.15, 0.2) is 30.3 Å². The first-order chi connectivity index (χ1) is 10.0. The van der Waals surface area contributed by atoms with Crippen LogP contribution in [-0.2, 0) is 20.9 Å². The number of carbonyl (C=O) groups is 3. The highest BCUT2D eigenvalue weighted by Gasteiger charge is 2.46. The van der Waals surface area contributed by atoms with E-state index >= 15 is 0 Å². The molecule has 1 aliphatic heterocycles. The van der Waals surface area contributed by atoms with Gasteiger partial charge in [-0.1, -0.05) is 30.3 Å². The van der Waals surface area contributed by atoms with Gasteiger partial charge in [0, 0.05) is 0 Å². The Kier molecular flexibility index (Phi) is 4.54. The zero-order valence-corrected chi connectivity index (χ0v) is 11.1. The van der Waals surface area contributed by atoms with Gasteiger partial charge in [0.15, 0.2) is 0 Å². The molecule has 1 aromatic rings. The summed E-state index contributed by atoms with van der Waals surface area (Å²) in [4.78, 5) is 34.3. The number of likely N-dealkylation sites (tertiary alicyclic amines) is 1. The van der Waals surface area contributed by atoms with Crippen molar-refractivity contribution in [1.82, 2.24) is 4.90 Å². The second kappa shape index (κ2) is 6.36. The normalized spacial score (nSPS) is 21.5. The highest BCUT2D eigenvalue weighted by atomic mass is 16.5. The molecule has 0 aliphatic carbocycles. The number of carboxylic acids is 1. The van der Waals surface area contributed by atoms with Gasteiger partial charge in [-0.05, 0) is 12.0 Å². The number of aliphatic carboxylic acids is 1. The number of benzene rings is 1. The average Bonchev–Trinajstić information content (AvgIpc) is 2.77. The lowest BCUT2D eigenvalue weighted by Crippen LogP contribution is -2.41. The second-order valence-electron chi connectivity index (χ2n) is 4.77. The van der Waals surface area contributed by atoms with Crippen LogP contribution in [0.4, 0.5) is 4.79 Å². The molecule has 2 unspecified atom stereocenters. The zero-order valence-electron chi connectivity index (χ0n) is 11.1. The minimum absolute atomic E-state index is 0.0171. The Morgan fingerprint density at radius 3 is 2.48 bits per heavy atom. The van der Waals surface area contributed by atoms with E-state index in [1.165, 1.54) is 0 Å². The molecule has 112 valence electrons. The average molecular weight is 293 g/mol. The molecule has 0 saturated carbocycles. The van der Waals surface area contributed by atoms with Crippen LogP contribution in [0, 0.1) is 5.92 Å². The summed E-state index contributed by atoms with van der Waals surface area (Å²) in [6.45, 7) is 0.257. The number of hydrogen-bond acceptors (Lipinski definition) is 4. The van der Waals surface area contributed by atoms with Gasteiger partial charge >= 0.3 is 12.1 Å². The van der Waals surface area contributed by atoms with Crippen molar-refractivity contribution >= 4 is 18.0 Å². The predicted molar refractivity (Wildman–Crippen MR) is 70.5 cm³/mol. The van der Waals surface area contributed by atoms with E-state index in [0.717, 1.165) is 5.56 Å². The van der Waals surface area contributed by atoms with Gasteiger partial charge < -0.3 is 14.9 Å². The van der Waals surface area contributed by atoms with Crippen LogP contribution in [0.5, 0.6) is 0 Å². The lowest BCUT2D eigenvalue weighted by Gasteiger charge is -2.19.